The number of nitrogens with zero attached hydrogens (tertiary/aromatic N) is 1. The highest BCUT2D eigenvalue weighted by molar-refractivity contribution is 4.90. The van der Waals surface area contributed by atoms with E-state index < -0.39 is 0 Å². The first-order chi connectivity index (χ1) is 9.30. The average Bonchev–Trinajstić information content (AvgIpc) is 2.71. The Morgan fingerprint density at radius 1 is 1.16 bits per heavy atom. The normalized spacial score (nSPS) is 38.1. The molecule has 2 rings (SSSR count). The van der Waals surface area contributed by atoms with Crippen LogP contribution in [0, 0.1) is 11.8 Å². The second-order valence-electron chi connectivity index (χ2n) is 6.57. The van der Waals surface area contributed by atoms with Gasteiger partial charge in [0.1, 0.15) is 0 Å². The third kappa shape index (κ3) is 3.71. The topological polar surface area (TPSA) is 49.5 Å². The Bertz CT molecular complexity index is 259. The lowest BCUT2D eigenvalue weighted by Gasteiger charge is -2.45. The zero-order valence-corrected chi connectivity index (χ0v) is 12.6. The van der Waals surface area contributed by atoms with Crippen LogP contribution in [0.25, 0.3) is 0 Å². The summed E-state index contributed by atoms with van der Waals surface area (Å²) in [5.74, 6) is 1.52. The second-order valence-corrected chi connectivity index (χ2v) is 6.57. The van der Waals surface area contributed by atoms with E-state index in [1.807, 2.05) is 0 Å². The van der Waals surface area contributed by atoms with Gasteiger partial charge in [0.15, 0.2) is 0 Å². The van der Waals surface area contributed by atoms with Crippen molar-refractivity contribution in [2.24, 2.45) is 17.6 Å². The van der Waals surface area contributed by atoms with Crippen molar-refractivity contribution in [2.75, 3.05) is 19.7 Å². The van der Waals surface area contributed by atoms with Gasteiger partial charge >= 0.3 is 0 Å². The van der Waals surface area contributed by atoms with Crippen LogP contribution in [-0.4, -0.2) is 41.8 Å². The van der Waals surface area contributed by atoms with Crippen LogP contribution in [0.5, 0.6) is 0 Å². The SMILES string of the molecule is CCC1CCC(CN)C(N2CCCCCC2CO)C1. The fourth-order valence-corrected chi connectivity index (χ4v) is 4.18. The van der Waals surface area contributed by atoms with Gasteiger partial charge in [0.25, 0.3) is 0 Å². The molecule has 4 unspecified atom stereocenters. The summed E-state index contributed by atoms with van der Waals surface area (Å²) in [4.78, 5) is 2.63. The van der Waals surface area contributed by atoms with E-state index in [4.69, 9.17) is 5.73 Å². The Balaban J connectivity index is 2.08. The number of aliphatic hydroxyl groups is 1. The van der Waals surface area contributed by atoms with Crippen LogP contribution in [0.15, 0.2) is 0 Å². The fourth-order valence-electron chi connectivity index (χ4n) is 4.18. The number of nitrogens with two attached hydrogens (primary N) is 1. The first-order valence-electron chi connectivity index (χ1n) is 8.36. The second kappa shape index (κ2) is 7.61. The van der Waals surface area contributed by atoms with Crippen molar-refractivity contribution in [2.45, 2.75) is 70.4 Å². The monoisotopic (exact) mass is 268 g/mol. The molecule has 4 atom stereocenters. The largest absolute Gasteiger partial charge is 0.395 e. The standard InChI is InChI=1S/C16H32N2O/c1-2-13-7-8-14(11-17)16(10-13)18-9-5-3-4-6-15(18)12-19/h13-16,19H,2-12,17H2,1H3. The number of hydrogen-bond acceptors (Lipinski definition) is 3. The molecular formula is C16H32N2O. The van der Waals surface area contributed by atoms with Gasteiger partial charge in [0.05, 0.1) is 6.61 Å². The van der Waals surface area contributed by atoms with Gasteiger partial charge in [0, 0.05) is 12.1 Å². The quantitative estimate of drug-likeness (QED) is 0.823. The molecule has 3 N–H and O–H groups in total. The summed E-state index contributed by atoms with van der Waals surface area (Å²) in [5.41, 5.74) is 6.02. The molecule has 0 amide bonds. The van der Waals surface area contributed by atoms with E-state index in [1.54, 1.807) is 0 Å². The minimum atomic E-state index is 0.324. The van der Waals surface area contributed by atoms with Crippen molar-refractivity contribution in [3.05, 3.63) is 0 Å². The summed E-state index contributed by atoms with van der Waals surface area (Å²) in [5, 5.41) is 9.73. The van der Waals surface area contributed by atoms with E-state index in [-0.39, 0.29) is 0 Å². The molecular weight excluding hydrogens is 236 g/mol. The number of likely N-dealkylation sites (tertiary alicyclic amines) is 1. The molecule has 112 valence electrons. The smallest absolute Gasteiger partial charge is 0.0586 e. The van der Waals surface area contributed by atoms with E-state index >= 15 is 0 Å². The van der Waals surface area contributed by atoms with Crippen LogP contribution in [0.4, 0.5) is 0 Å². The summed E-state index contributed by atoms with van der Waals surface area (Å²) >= 11 is 0. The molecule has 2 fully saturated rings. The molecule has 2 aliphatic rings. The molecule has 1 saturated carbocycles. The molecule has 0 spiro atoms. The third-order valence-electron chi connectivity index (χ3n) is 5.50. The highest BCUT2D eigenvalue weighted by Gasteiger charge is 2.36. The van der Waals surface area contributed by atoms with Crippen molar-refractivity contribution in [3.8, 4) is 0 Å². The minimum absolute atomic E-state index is 0.324. The van der Waals surface area contributed by atoms with Crippen molar-refractivity contribution in [3.63, 3.8) is 0 Å². The molecule has 1 saturated heterocycles. The summed E-state index contributed by atoms with van der Waals surface area (Å²) < 4.78 is 0. The summed E-state index contributed by atoms with van der Waals surface area (Å²) in [6.45, 7) is 4.62. The van der Waals surface area contributed by atoms with Gasteiger partial charge in [-0.05, 0) is 50.6 Å². The van der Waals surface area contributed by atoms with Gasteiger partial charge in [0.2, 0.25) is 0 Å². The number of hydrogen-bond donors (Lipinski definition) is 2. The van der Waals surface area contributed by atoms with Gasteiger partial charge < -0.3 is 10.8 Å². The summed E-state index contributed by atoms with van der Waals surface area (Å²) in [6.07, 6.45) is 10.3. The Kier molecular flexibility index (Phi) is 6.11. The highest BCUT2D eigenvalue weighted by Crippen LogP contribution is 2.35. The Labute approximate surface area is 118 Å². The van der Waals surface area contributed by atoms with Crippen LogP contribution >= 0.6 is 0 Å². The van der Waals surface area contributed by atoms with E-state index in [0.29, 0.717) is 24.6 Å². The number of aliphatic hydroxyl groups excluding tert-OH is 1. The van der Waals surface area contributed by atoms with Gasteiger partial charge in [-0.3, -0.25) is 4.90 Å². The lowest BCUT2D eigenvalue weighted by molar-refractivity contribution is 0.0247. The molecule has 1 aliphatic heterocycles. The fraction of sp³-hybridized carbons (Fsp3) is 1.00. The molecule has 19 heavy (non-hydrogen) atoms. The molecule has 0 aromatic rings. The van der Waals surface area contributed by atoms with Crippen molar-refractivity contribution in [1.82, 2.24) is 4.90 Å². The van der Waals surface area contributed by atoms with Crippen LogP contribution in [0.1, 0.15) is 58.3 Å². The Hall–Kier alpha value is -0.120. The zero-order valence-electron chi connectivity index (χ0n) is 12.6. The first kappa shape index (κ1) is 15.3. The third-order valence-corrected chi connectivity index (χ3v) is 5.50. The zero-order chi connectivity index (χ0) is 13.7. The maximum Gasteiger partial charge on any atom is 0.0586 e. The Morgan fingerprint density at radius 3 is 2.68 bits per heavy atom. The van der Waals surface area contributed by atoms with Crippen molar-refractivity contribution >= 4 is 0 Å². The molecule has 0 aromatic carbocycles. The highest BCUT2D eigenvalue weighted by atomic mass is 16.3. The van der Waals surface area contributed by atoms with Gasteiger partial charge in [-0.1, -0.05) is 32.6 Å². The van der Waals surface area contributed by atoms with E-state index in [2.05, 4.69) is 11.8 Å². The first-order valence-corrected chi connectivity index (χ1v) is 8.36. The predicted molar refractivity (Wildman–Crippen MR) is 80.0 cm³/mol. The molecule has 3 heteroatoms. The van der Waals surface area contributed by atoms with Crippen LogP contribution in [-0.2, 0) is 0 Å². The van der Waals surface area contributed by atoms with Crippen LogP contribution < -0.4 is 5.73 Å². The van der Waals surface area contributed by atoms with E-state index in [9.17, 15) is 5.11 Å². The van der Waals surface area contributed by atoms with E-state index in [0.717, 1.165) is 12.5 Å². The van der Waals surface area contributed by atoms with Crippen LogP contribution in [0.3, 0.4) is 0 Å². The molecule has 0 bridgehead atoms. The molecule has 3 nitrogen and oxygen atoms in total. The van der Waals surface area contributed by atoms with E-state index in [1.165, 1.54) is 57.9 Å². The molecule has 0 radical (unpaired) electrons. The lowest BCUT2D eigenvalue weighted by atomic mass is 9.76. The van der Waals surface area contributed by atoms with Gasteiger partial charge in [-0.25, -0.2) is 0 Å². The predicted octanol–water partition coefficient (Wildman–Crippen LogP) is 2.38. The van der Waals surface area contributed by atoms with Gasteiger partial charge in [-0.15, -0.1) is 0 Å². The molecule has 1 aliphatic carbocycles. The van der Waals surface area contributed by atoms with Crippen LogP contribution in [0.2, 0.25) is 0 Å². The lowest BCUT2D eigenvalue weighted by Crippen LogP contribution is -2.52. The summed E-state index contributed by atoms with van der Waals surface area (Å²) in [6, 6.07) is 1.01. The average molecular weight is 268 g/mol. The summed E-state index contributed by atoms with van der Waals surface area (Å²) in [7, 11) is 0. The Morgan fingerprint density at radius 2 is 2.00 bits per heavy atom. The van der Waals surface area contributed by atoms with Crippen molar-refractivity contribution < 1.29 is 5.11 Å². The maximum absolute atomic E-state index is 9.73. The maximum atomic E-state index is 9.73. The molecule has 1 heterocycles. The van der Waals surface area contributed by atoms with Crippen molar-refractivity contribution in [1.29, 1.82) is 0 Å². The molecule has 0 aromatic heterocycles. The number of rotatable bonds is 4. The van der Waals surface area contributed by atoms with Gasteiger partial charge in [-0.2, -0.15) is 0 Å². The minimum Gasteiger partial charge on any atom is -0.395 e.